The quantitative estimate of drug-likeness (QED) is 0.422. The van der Waals surface area contributed by atoms with Crippen molar-refractivity contribution in [2.45, 2.75) is 19.8 Å². The molecule has 0 spiro atoms. The Morgan fingerprint density at radius 3 is 2.09 bits per heavy atom. The van der Waals surface area contributed by atoms with Crippen LogP contribution in [0.5, 0.6) is 0 Å². The van der Waals surface area contributed by atoms with E-state index in [-0.39, 0.29) is 23.2 Å². The summed E-state index contributed by atoms with van der Waals surface area (Å²) in [6.07, 6.45) is 0. The molecule has 0 saturated carbocycles. The number of rotatable bonds is 6. The van der Waals surface area contributed by atoms with E-state index in [0.29, 0.717) is 0 Å². The topological polar surface area (TPSA) is 78.9 Å². The number of benzene rings is 1. The minimum absolute atomic E-state index is 0.0127. The number of methoxy groups -OCH3 is 1. The maximum Gasteiger partial charge on any atom is 0.341 e. The first-order chi connectivity index (χ1) is 10.9. The molecule has 126 valence electrons. The molecule has 1 aromatic carbocycles. The monoisotopic (exact) mass is 390 g/mol. The fourth-order valence-corrected chi connectivity index (χ4v) is 2.39. The van der Waals surface area contributed by atoms with Crippen molar-refractivity contribution in [2.24, 2.45) is 0 Å². The van der Waals surface area contributed by atoms with Crippen LogP contribution < -0.4 is 0 Å². The van der Waals surface area contributed by atoms with Crippen molar-refractivity contribution < 1.29 is 33.0 Å². The van der Waals surface area contributed by atoms with Crippen LogP contribution in [-0.4, -0.2) is 38.2 Å². The molecule has 0 radical (unpaired) electrons. The lowest BCUT2D eigenvalue weighted by Crippen LogP contribution is -2.28. The van der Waals surface area contributed by atoms with Crippen LogP contribution in [0.25, 0.3) is 0 Å². The first kappa shape index (κ1) is 19.1. The van der Waals surface area contributed by atoms with Crippen molar-refractivity contribution in [3.8, 4) is 0 Å². The van der Waals surface area contributed by atoms with Crippen LogP contribution >= 0.6 is 15.9 Å². The van der Waals surface area contributed by atoms with E-state index < -0.39 is 35.2 Å². The third-order valence-electron chi connectivity index (χ3n) is 2.83. The molecule has 0 saturated heterocycles. The average Bonchev–Trinajstić information content (AvgIpc) is 2.46. The number of hydrogen-bond acceptors (Lipinski definition) is 6. The van der Waals surface area contributed by atoms with Gasteiger partial charge >= 0.3 is 17.9 Å². The predicted molar refractivity (Wildman–Crippen MR) is 81.4 cm³/mol. The number of carbonyl (C=O) groups excluding carboxylic acids is 3. The molecule has 8 heteroatoms. The molecule has 0 heterocycles. The van der Waals surface area contributed by atoms with Crippen molar-refractivity contribution in [1.29, 1.82) is 0 Å². The molecule has 6 nitrogen and oxygen atoms in total. The highest BCUT2D eigenvalue weighted by Gasteiger charge is 2.36. The molecule has 0 aliphatic rings. The largest absolute Gasteiger partial charge is 0.465 e. The van der Waals surface area contributed by atoms with Crippen LogP contribution in [-0.2, 0) is 23.8 Å². The smallest absolute Gasteiger partial charge is 0.341 e. The van der Waals surface area contributed by atoms with Gasteiger partial charge in [-0.1, -0.05) is 15.9 Å². The van der Waals surface area contributed by atoms with Gasteiger partial charge in [-0.2, -0.15) is 0 Å². The molecular weight excluding hydrogens is 375 g/mol. The van der Waals surface area contributed by atoms with Crippen molar-refractivity contribution in [3.05, 3.63) is 33.5 Å². The van der Waals surface area contributed by atoms with Gasteiger partial charge in [-0.15, -0.1) is 0 Å². The van der Waals surface area contributed by atoms with Gasteiger partial charge in [-0.25, -0.2) is 9.18 Å². The van der Waals surface area contributed by atoms with E-state index in [9.17, 15) is 18.8 Å². The highest BCUT2D eigenvalue weighted by Crippen LogP contribution is 2.29. The number of halogens is 2. The molecular formula is C15H16BrFO6. The Morgan fingerprint density at radius 2 is 1.65 bits per heavy atom. The summed E-state index contributed by atoms with van der Waals surface area (Å²) >= 11 is 3.07. The summed E-state index contributed by atoms with van der Waals surface area (Å²) in [7, 11) is 1.07. The molecule has 0 aliphatic carbocycles. The summed E-state index contributed by atoms with van der Waals surface area (Å²) in [6, 6.07) is 2.32. The summed E-state index contributed by atoms with van der Waals surface area (Å²) < 4.78 is 28.6. The van der Waals surface area contributed by atoms with Gasteiger partial charge in [-0.05, 0) is 31.5 Å². The molecule has 0 bridgehead atoms. The van der Waals surface area contributed by atoms with E-state index in [1.165, 1.54) is 6.07 Å². The highest BCUT2D eigenvalue weighted by molar-refractivity contribution is 9.10. The zero-order valence-electron chi connectivity index (χ0n) is 12.9. The van der Waals surface area contributed by atoms with E-state index in [1.807, 2.05) is 0 Å². The van der Waals surface area contributed by atoms with Gasteiger partial charge in [-0.3, -0.25) is 9.59 Å². The zero-order valence-corrected chi connectivity index (χ0v) is 14.4. The molecule has 0 fully saturated rings. The Morgan fingerprint density at radius 1 is 1.13 bits per heavy atom. The highest BCUT2D eigenvalue weighted by atomic mass is 79.9. The third kappa shape index (κ3) is 4.51. The number of hydrogen-bond donors (Lipinski definition) is 0. The Kier molecular flexibility index (Phi) is 7.15. The fourth-order valence-electron chi connectivity index (χ4n) is 1.94. The summed E-state index contributed by atoms with van der Waals surface area (Å²) in [5.74, 6) is -5.40. The van der Waals surface area contributed by atoms with E-state index in [1.54, 1.807) is 13.8 Å². The minimum Gasteiger partial charge on any atom is -0.465 e. The molecule has 0 amide bonds. The van der Waals surface area contributed by atoms with Crippen molar-refractivity contribution in [3.63, 3.8) is 0 Å². The number of carbonyl (C=O) groups is 3. The zero-order chi connectivity index (χ0) is 17.6. The fraction of sp³-hybridized carbons (Fsp3) is 0.400. The SMILES string of the molecule is CCOC(=O)C(C(=O)OCC)c1cc(Br)cc(F)c1C(=O)OC. The van der Waals surface area contributed by atoms with Gasteiger partial charge in [0.15, 0.2) is 5.92 Å². The van der Waals surface area contributed by atoms with Crippen molar-refractivity contribution >= 4 is 33.8 Å². The molecule has 0 aliphatic heterocycles. The first-order valence-corrected chi connectivity index (χ1v) is 7.57. The lowest BCUT2D eigenvalue weighted by Gasteiger charge is -2.18. The van der Waals surface area contributed by atoms with Crippen LogP contribution in [0.1, 0.15) is 35.7 Å². The van der Waals surface area contributed by atoms with E-state index in [0.717, 1.165) is 13.2 Å². The Balaban J connectivity index is 3.53. The lowest BCUT2D eigenvalue weighted by atomic mass is 9.93. The lowest BCUT2D eigenvalue weighted by molar-refractivity contribution is -0.156. The second-order valence-electron chi connectivity index (χ2n) is 4.28. The number of esters is 3. The Hall–Kier alpha value is -1.96. The Bertz CT molecular complexity index is 598. The summed E-state index contributed by atoms with van der Waals surface area (Å²) in [6.45, 7) is 3.14. The summed E-state index contributed by atoms with van der Waals surface area (Å²) in [5.41, 5.74) is -0.692. The van der Waals surface area contributed by atoms with Gasteiger partial charge < -0.3 is 14.2 Å². The maximum atomic E-state index is 14.2. The van der Waals surface area contributed by atoms with Gasteiger partial charge in [0.05, 0.1) is 20.3 Å². The summed E-state index contributed by atoms with van der Waals surface area (Å²) in [5, 5.41) is 0. The molecule has 23 heavy (non-hydrogen) atoms. The number of ether oxygens (including phenoxy) is 3. The minimum atomic E-state index is -1.59. The first-order valence-electron chi connectivity index (χ1n) is 6.77. The van der Waals surface area contributed by atoms with Crippen LogP contribution in [0.4, 0.5) is 4.39 Å². The third-order valence-corrected chi connectivity index (χ3v) is 3.29. The van der Waals surface area contributed by atoms with E-state index in [2.05, 4.69) is 20.7 Å². The molecule has 0 atom stereocenters. The second-order valence-corrected chi connectivity index (χ2v) is 5.20. The molecule has 0 N–H and O–H groups in total. The molecule has 0 aromatic heterocycles. The van der Waals surface area contributed by atoms with Gasteiger partial charge in [0.2, 0.25) is 0 Å². The molecule has 0 unspecified atom stereocenters. The Labute approximate surface area is 141 Å². The molecule has 1 aromatic rings. The predicted octanol–water partition coefficient (Wildman–Crippen LogP) is 2.58. The second kappa shape index (κ2) is 8.61. The van der Waals surface area contributed by atoms with Gasteiger partial charge in [0.1, 0.15) is 11.4 Å². The summed E-state index contributed by atoms with van der Waals surface area (Å²) in [4.78, 5) is 36.1. The van der Waals surface area contributed by atoms with E-state index in [4.69, 9.17) is 9.47 Å². The average molecular weight is 391 g/mol. The van der Waals surface area contributed by atoms with Gasteiger partial charge in [0.25, 0.3) is 0 Å². The van der Waals surface area contributed by atoms with Crippen LogP contribution in [0.3, 0.4) is 0 Å². The van der Waals surface area contributed by atoms with Gasteiger partial charge in [0, 0.05) is 4.47 Å². The maximum absolute atomic E-state index is 14.2. The van der Waals surface area contributed by atoms with Crippen molar-refractivity contribution in [2.75, 3.05) is 20.3 Å². The molecule has 1 rings (SSSR count). The van der Waals surface area contributed by atoms with E-state index >= 15 is 0 Å². The normalized spacial score (nSPS) is 10.3. The van der Waals surface area contributed by atoms with Crippen LogP contribution in [0.2, 0.25) is 0 Å². The standard InChI is InChI=1S/C15H16BrFO6/c1-4-22-14(19)12(15(20)23-5-2)9-6-8(16)7-10(17)11(9)13(18)21-3/h6-7,12H,4-5H2,1-3H3. The van der Waals surface area contributed by atoms with Crippen molar-refractivity contribution in [1.82, 2.24) is 0 Å². The van der Waals surface area contributed by atoms with Crippen LogP contribution in [0, 0.1) is 5.82 Å². The van der Waals surface area contributed by atoms with Crippen LogP contribution in [0.15, 0.2) is 16.6 Å².